The first-order valence-corrected chi connectivity index (χ1v) is 8.74. The topological polar surface area (TPSA) is 73.3 Å². The first-order valence-electron chi connectivity index (χ1n) is 8.74. The second-order valence-corrected chi connectivity index (χ2v) is 6.82. The zero-order chi connectivity index (χ0) is 17.4. The third kappa shape index (κ3) is 3.45. The predicted octanol–water partition coefficient (Wildman–Crippen LogP) is 3.75. The summed E-state index contributed by atoms with van der Waals surface area (Å²) in [5, 5.41) is 8.41. The largest absolute Gasteiger partial charge is 0.460 e. The van der Waals surface area contributed by atoms with Crippen LogP contribution in [0.15, 0.2) is 27.1 Å². The van der Waals surface area contributed by atoms with Gasteiger partial charge in [-0.2, -0.15) is 4.98 Å². The fraction of sp³-hybridized carbons (Fsp3) is 0.474. The predicted molar refractivity (Wildman–Crippen MR) is 93.3 cm³/mol. The molecule has 3 aromatic rings. The maximum Gasteiger partial charge on any atom is 0.255 e. The molecule has 4 rings (SSSR count). The lowest BCUT2D eigenvalue weighted by Crippen LogP contribution is -2.25. The number of benzene rings is 1. The molecule has 0 spiro atoms. The molecule has 0 amide bonds. The Morgan fingerprint density at radius 1 is 1.12 bits per heavy atom. The number of ether oxygens (including phenoxy) is 1. The molecule has 132 valence electrons. The van der Waals surface area contributed by atoms with E-state index in [0.29, 0.717) is 18.3 Å². The van der Waals surface area contributed by atoms with E-state index in [0.717, 1.165) is 36.1 Å². The lowest BCUT2D eigenvalue weighted by atomic mass is 10.1. The molecule has 1 N–H and O–H groups in total. The summed E-state index contributed by atoms with van der Waals surface area (Å²) in [6.07, 6.45) is 1.98. The molecule has 1 saturated heterocycles. The highest BCUT2D eigenvalue weighted by molar-refractivity contribution is 5.79. The van der Waals surface area contributed by atoms with Crippen molar-refractivity contribution in [3.05, 3.63) is 46.8 Å². The standard InChI is InChI=1S/C19H23N3O3/c1-11-6-14-8-16(24-18(14)7-12(11)2)10-20-9-15-4-5-17(23-15)19-21-13(3)22-25-19/h6-8,15,17,20H,4-5,9-10H2,1-3H3/t15-,17+/m1/s1. The minimum absolute atomic E-state index is 0.0786. The number of furan rings is 1. The summed E-state index contributed by atoms with van der Waals surface area (Å²) in [5.41, 5.74) is 3.49. The molecule has 25 heavy (non-hydrogen) atoms. The lowest BCUT2D eigenvalue weighted by Gasteiger charge is -2.11. The highest BCUT2D eigenvalue weighted by Gasteiger charge is 2.30. The lowest BCUT2D eigenvalue weighted by molar-refractivity contribution is 0.0262. The van der Waals surface area contributed by atoms with Crippen molar-refractivity contribution in [1.29, 1.82) is 0 Å². The maximum absolute atomic E-state index is 6.00. The minimum atomic E-state index is -0.0786. The summed E-state index contributed by atoms with van der Waals surface area (Å²) in [5.74, 6) is 2.18. The molecule has 0 radical (unpaired) electrons. The molecule has 6 heteroatoms. The molecular weight excluding hydrogens is 318 g/mol. The molecule has 0 aliphatic carbocycles. The molecule has 2 atom stereocenters. The van der Waals surface area contributed by atoms with Gasteiger partial charge in [0.2, 0.25) is 0 Å². The number of hydrogen-bond acceptors (Lipinski definition) is 6. The van der Waals surface area contributed by atoms with Crippen LogP contribution in [-0.2, 0) is 11.3 Å². The van der Waals surface area contributed by atoms with Gasteiger partial charge in [0, 0.05) is 11.9 Å². The van der Waals surface area contributed by atoms with E-state index < -0.39 is 0 Å². The molecule has 6 nitrogen and oxygen atoms in total. The van der Waals surface area contributed by atoms with Gasteiger partial charge in [-0.1, -0.05) is 5.16 Å². The Morgan fingerprint density at radius 3 is 2.76 bits per heavy atom. The molecule has 0 unspecified atom stereocenters. The summed E-state index contributed by atoms with van der Waals surface area (Å²) in [6.45, 7) is 7.51. The number of hydrogen-bond donors (Lipinski definition) is 1. The summed E-state index contributed by atoms with van der Waals surface area (Å²) >= 11 is 0. The van der Waals surface area contributed by atoms with Crippen molar-refractivity contribution < 1.29 is 13.7 Å². The average Bonchev–Trinajstić information content (AvgIpc) is 3.28. The van der Waals surface area contributed by atoms with Gasteiger partial charge < -0.3 is 19.0 Å². The van der Waals surface area contributed by atoms with Gasteiger partial charge in [-0.15, -0.1) is 0 Å². The van der Waals surface area contributed by atoms with Crippen LogP contribution >= 0.6 is 0 Å². The summed E-state index contributed by atoms with van der Waals surface area (Å²) in [4.78, 5) is 4.26. The van der Waals surface area contributed by atoms with E-state index in [1.165, 1.54) is 11.1 Å². The minimum Gasteiger partial charge on any atom is -0.460 e. The van der Waals surface area contributed by atoms with Crippen molar-refractivity contribution in [1.82, 2.24) is 15.5 Å². The number of aryl methyl sites for hydroxylation is 3. The van der Waals surface area contributed by atoms with Crippen LogP contribution in [0.5, 0.6) is 0 Å². The van der Waals surface area contributed by atoms with Gasteiger partial charge in [0.25, 0.3) is 5.89 Å². The van der Waals surface area contributed by atoms with Crippen molar-refractivity contribution in [3.63, 3.8) is 0 Å². The molecule has 1 aliphatic heterocycles. The monoisotopic (exact) mass is 341 g/mol. The zero-order valence-electron chi connectivity index (χ0n) is 14.8. The summed E-state index contributed by atoms with van der Waals surface area (Å²) in [6, 6.07) is 6.38. The highest BCUT2D eigenvalue weighted by Crippen LogP contribution is 2.31. The maximum atomic E-state index is 6.00. The number of rotatable bonds is 5. The van der Waals surface area contributed by atoms with Crippen LogP contribution in [0, 0.1) is 20.8 Å². The quantitative estimate of drug-likeness (QED) is 0.762. The van der Waals surface area contributed by atoms with E-state index in [-0.39, 0.29) is 12.2 Å². The average molecular weight is 341 g/mol. The van der Waals surface area contributed by atoms with Crippen LogP contribution in [0.2, 0.25) is 0 Å². The number of fused-ring (bicyclic) bond motifs is 1. The van der Waals surface area contributed by atoms with E-state index in [4.69, 9.17) is 13.7 Å². The highest BCUT2D eigenvalue weighted by atomic mass is 16.5. The van der Waals surface area contributed by atoms with Crippen LogP contribution in [-0.4, -0.2) is 22.8 Å². The molecule has 3 heterocycles. The fourth-order valence-electron chi connectivity index (χ4n) is 3.28. The molecule has 0 bridgehead atoms. The second kappa shape index (κ2) is 6.61. The van der Waals surface area contributed by atoms with Crippen LogP contribution in [0.3, 0.4) is 0 Å². The van der Waals surface area contributed by atoms with Gasteiger partial charge in [0.05, 0.1) is 12.6 Å². The van der Waals surface area contributed by atoms with Gasteiger partial charge in [-0.25, -0.2) is 0 Å². The SMILES string of the molecule is Cc1noc([C@@H]2CC[C@H](CNCc3cc4cc(C)c(C)cc4o3)O2)n1. The van der Waals surface area contributed by atoms with Crippen LogP contribution < -0.4 is 5.32 Å². The Bertz CT molecular complexity index is 844. The van der Waals surface area contributed by atoms with Crippen molar-refractivity contribution in [2.75, 3.05) is 6.54 Å². The Morgan fingerprint density at radius 2 is 1.96 bits per heavy atom. The van der Waals surface area contributed by atoms with Gasteiger partial charge in [-0.05, 0) is 62.9 Å². The normalized spacial score (nSPS) is 20.6. The number of aromatic nitrogens is 2. The van der Waals surface area contributed by atoms with Crippen LogP contribution in [0.4, 0.5) is 0 Å². The molecule has 2 aromatic heterocycles. The van der Waals surface area contributed by atoms with Gasteiger partial charge in [0.1, 0.15) is 17.4 Å². The fourth-order valence-corrected chi connectivity index (χ4v) is 3.28. The van der Waals surface area contributed by atoms with Gasteiger partial charge >= 0.3 is 0 Å². The van der Waals surface area contributed by atoms with Gasteiger partial charge in [-0.3, -0.25) is 0 Å². The van der Waals surface area contributed by atoms with Crippen LogP contribution in [0.25, 0.3) is 11.0 Å². The van der Waals surface area contributed by atoms with E-state index in [1.54, 1.807) is 0 Å². The smallest absolute Gasteiger partial charge is 0.255 e. The molecule has 1 aliphatic rings. The Balaban J connectivity index is 1.31. The number of nitrogens with zero attached hydrogens (tertiary/aromatic N) is 2. The van der Waals surface area contributed by atoms with Crippen molar-refractivity contribution >= 4 is 11.0 Å². The third-order valence-corrected chi connectivity index (χ3v) is 4.78. The van der Waals surface area contributed by atoms with E-state index in [1.807, 2.05) is 6.92 Å². The second-order valence-electron chi connectivity index (χ2n) is 6.82. The summed E-state index contributed by atoms with van der Waals surface area (Å²) in [7, 11) is 0. The first kappa shape index (κ1) is 16.3. The van der Waals surface area contributed by atoms with E-state index in [2.05, 4.69) is 47.5 Å². The van der Waals surface area contributed by atoms with Crippen LogP contribution in [0.1, 0.15) is 47.5 Å². The van der Waals surface area contributed by atoms with Crippen molar-refractivity contribution in [2.45, 2.75) is 52.4 Å². The van der Waals surface area contributed by atoms with Crippen molar-refractivity contribution in [2.24, 2.45) is 0 Å². The number of nitrogens with one attached hydrogen (secondary N) is 1. The van der Waals surface area contributed by atoms with E-state index >= 15 is 0 Å². The van der Waals surface area contributed by atoms with Crippen molar-refractivity contribution in [3.8, 4) is 0 Å². The first-order chi connectivity index (χ1) is 12.1. The summed E-state index contributed by atoms with van der Waals surface area (Å²) < 4.78 is 17.1. The molecule has 1 fully saturated rings. The third-order valence-electron chi connectivity index (χ3n) is 4.78. The Hall–Kier alpha value is -2.18. The Kier molecular flexibility index (Phi) is 4.31. The van der Waals surface area contributed by atoms with E-state index in [9.17, 15) is 0 Å². The molecular formula is C19H23N3O3. The Labute approximate surface area is 146 Å². The molecule has 0 saturated carbocycles. The molecule has 1 aromatic carbocycles. The zero-order valence-corrected chi connectivity index (χ0v) is 14.8. The van der Waals surface area contributed by atoms with Gasteiger partial charge in [0.15, 0.2) is 5.82 Å².